The van der Waals surface area contributed by atoms with Gasteiger partial charge in [-0.05, 0) is 19.3 Å². The van der Waals surface area contributed by atoms with Crippen molar-refractivity contribution in [1.29, 1.82) is 0 Å². The molecule has 0 aromatic carbocycles. The van der Waals surface area contributed by atoms with Gasteiger partial charge in [0.2, 0.25) is 0 Å². The summed E-state index contributed by atoms with van der Waals surface area (Å²) in [6, 6.07) is 0. The number of unbranched alkanes of at least 4 members (excludes halogenated alkanes) is 21. The van der Waals surface area contributed by atoms with Crippen molar-refractivity contribution in [1.82, 2.24) is 0 Å². The van der Waals surface area contributed by atoms with Crippen molar-refractivity contribution in [3.05, 3.63) is 0 Å². The Balaban J connectivity index is -0.00000578. The first-order valence-corrected chi connectivity index (χ1v) is 17.2. The van der Waals surface area contributed by atoms with Gasteiger partial charge in [-0.25, -0.2) is 4.57 Å². The van der Waals surface area contributed by atoms with E-state index < -0.39 is 7.82 Å². The largest absolute Gasteiger partial charge is 1.00 e. The molecule has 0 aromatic heterocycles. The minimum Gasteiger partial charge on any atom is -1.00 e. The Morgan fingerprint density at radius 1 is 0.389 bits per heavy atom. The molecular formula is C30H64KO4P. The van der Waals surface area contributed by atoms with Crippen molar-refractivity contribution in [2.45, 2.75) is 175 Å². The van der Waals surface area contributed by atoms with E-state index in [0.29, 0.717) is 19.8 Å². The maximum absolute atomic E-state index is 13.2. The van der Waals surface area contributed by atoms with Gasteiger partial charge in [-0.15, -0.1) is 0 Å². The first kappa shape index (κ1) is 39.9. The summed E-state index contributed by atoms with van der Waals surface area (Å²) in [5.74, 6) is 0. The van der Waals surface area contributed by atoms with Gasteiger partial charge in [0.15, 0.2) is 0 Å². The van der Waals surface area contributed by atoms with Crippen molar-refractivity contribution in [3.8, 4) is 0 Å². The van der Waals surface area contributed by atoms with Gasteiger partial charge in [0.1, 0.15) is 0 Å². The topological polar surface area (TPSA) is 44.8 Å². The van der Waals surface area contributed by atoms with E-state index in [-0.39, 0.29) is 52.8 Å². The van der Waals surface area contributed by atoms with E-state index >= 15 is 0 Å². The molecule has 0 atom stereocenters. The van der Waals surface area contributed by atoms with Crippen molar-refractivity contribution >= 4 is 7.82 Å². The fraction of sp³-hybridized carbons (Fsp3) is 1.00. The number of hydrogen-bond acceptors (Lipinski definition) is 4. The van der Waals surface area contributed by atoms with Crippen LogP contribution in [0.15, 0.2) is 0 Å². The second-order valence-corrected chi connectivity index (χ2v) is 12.0. The van der Waals surface area contributed by atoms with E-state index in [1.807, 2.05) is 0 Å². The van der Waals surface area contributed by atoms with E-state index in [2.05, 4.69) is 20.8 Å². The molecule has 0 heterocycles. The number of rotatable bonds is 30. The second-order valence-electron chi connectivity index (χ2n) is 10.4. The molecule has 0 amide bonds. The van der Waals surface area contributed by atoms with Crippen LogP contribution in [-0.4, -0.2) is 19.8 Å². The van der Waals surface area contributed by atoms with Gasteiger partial charge in [0.05, 0.1) is 19.8 Å². The Morgan fingerprint density at radius 3 is 0.806 bits per heavy atom. The summed E-state index contributed by atoms with van der Waals surface area (Å²) in [5.41, 5.74) is 0. The van der Waals surface area contributed by atoms with Gasteiger partial charge in [0, 0.05) is 0 Å². The van der Waals surface area contributed by atoms with Gasteiger partial charge in [-0.2, -0.15) is 0 Å². The van der Waals surface area contributed by atoms with Gasteiger partial charge >= 0.3 is 59.2 Å². The van der Waals surface area contributed by atoms with E-state index in [1.54, 1.807) is 0 Å². The maximum Gasteiger partial charge on any atom is 1.00 e. The van der Waals surface area contributed by atoms with Crippen LogP contribution in [0, 0.1) is 0 Å². The number of phosphoric ester groups is 1. The summed E-state index contributed by atoms with van der Waals surface area (Å²) in [6.07, 6.45) is 29.7. The standard InChI is InChI=1S/C30H63O4P.K.H/c1-4-7-10-13-16-19-22-25-28-32-35(31,33-29-26-23-20-17-14-11-8-5-2)34-30-27-24-21-18-15-12-9-6-3;;/h4-30H2,1-3H3;;/q;+1;-1. The zero-order valence-corrected chi connectivity index (χ0v) is 29.2. The van der Waals surface area contributed by atoms with Gasteiger partial charge in [0.25, 0.3) is 0 Å². The summed E-state index contributed by atoms with van der Waals surface area (Å²) in [5, 5.41) is 0. The van der Waals surface area contributed by atoms with Crippen molar-refractivity contribution < 1.29 is 70.9 Å². The molecule has 0 spiro atoms. The van der Waals surface area contributed by atoms with Crippen LogP contribution >= 0.6 is 7.82 Å². The Morgan fingerprint density at radius 2 is 0.583 bits per heavy atom. The first-order valence-electron chi connectivity index (χ1n) is 15.7. The Hall–Kier alpha value is 1.75. The average molecular weight is 559 g/mol. The summed E-state index contributed by atoms with van der Waals surface area (Å²) < 4.78 is 30.4. The molecule has 0 saturated heterocycles. The second kappa shape index (κ2) is 33.0. The monoisotopic (exact) mass is 558 g/mol. The van der Waals surface area contributed by atoms with E-state index in [4.69, 9.17) is 13.6 Å². The van der Waals surface area contributed by atoms with Gasteiger partial charge < -0.3 is 1.43 Å². The fourth-order valence-electron chi connectivity index (χ4n) is 4.35. The molecule has 0 rings (SSSR count). The third-order valence-corrected chi connectivity index (χ3v) is 8.24. The number of phosphoric acid groups is 1. The molecule has 0 bridgehead atoms. The molecular weight excluding hydrogens is 494 g/mol. The third kappa shape index (κ3) is 30.3. The molecule has 0 aliphatic carbocycles. The van der Waals surface area contributed by atoms with E-state index in [1.165, 1.54) is 116 Å². The van der Waals surface area contributed by atoms with Crippen LogP contribution in [0.3, 0.4) is 0 Å². The van der Waals surface area contributed by atoms with E-state index in [0.717, 1.165) is 38.5 Å². The summed E-state index contributed by atoms with van der Waals surface area (Å²) in [6.45, 7) is 8.18. The average Bonchev–Trinajstić information content (AvgIpc) is 2.86. The predicted molar refractivity (Wildman–Crippen MR) is 154 cm³/mol. The van der Waals surface area contributed by atoms with Crippen LogP contribution in [0.25, 0.3) is 0 Å². The van der Waals surface area contributed by atoms with Crippen molar-refractivity contribution in [3.63, 3.8) is 0 Å². The zero-order chi connectivity index (χ0) is 25.7. The van der Waals surface area contributed by atoms with Gasteiger partial charge in [-0.1, -0.05) is 156 Å². The Kier molecular flexibility index (Phi) is 36.5. The third-order valence-electron chi connectivity index (χ3n) is 6.74. The summed E-state index contributed by atoms with van der Waals surface area (Å²) in [7, 11) is -3.43. The van der Waals surface area contributed by atoms with Crippen LogP contribution in [0.2, 0.25) is 0 Å². The normalized spacial score (nSPS) is 11.6. The first-order chi connectivity index (χ1) is 17.2. The predicted octanol–water partition coefficient (Wildman–Crippen LogP) is 8.68. The molecule has 4 nitrogen and oxygen atoms in total. The fourth-order valence-corrected chi connectivity index (χ4v) is 5.63. The van der Waals surface area contributed by atoms with Gasteiger partial charge in [-0.3, -0.25) is 13.6 Å². The molecule has 0 unspecified atom stereocenters. The molecule has 0 radical (unpaired) electrons. The minimum absolute atomic E-state index is 0. The molecule has 0 aromatic rings. The Bertz CT molecular complexity index is 395. The molecule has 0 aliphatic rings. The number of hydrogen-bond donors (Lipinski definition) is 0. The van der Waals surface area contributed by atoms with Crippen LogP contribution in [0.1, 0.15) is 176 Å². The molecule has 6 heteroatoms. The SMILES string of the molecule is CCCCCCCCCCOP(=O)(OCCCCCCCCCC)OCCCCCCCCCC.[H-].[K+]. The molecule has 0 fully saturated rings. The molecule has 0 N–H and O–H groups in total. The smallest absolute Gasteiger partial charge is 1.00 e. The van der Waals surface area contributed by atoms with Crippen LogP contribution < -0.4 is 51.4 Å². The molecule has 0 aliphatic heterocycles. The summed E-state index contributed by atoms with van der Waals surface area (Å²) >= 11 is 0. The maximum atomic E-state index is 13.2. The van der Waals surface area contributed by atoms with Crippen LogP contribution in [-0.2, 0) is 18.1 Å². The zero-order valence-electron chi connectivity index (χ0n) is 26.2. The van der Waals surface area contributed by atoms with Crippen molar-refractivity contribution in [2.75, 3.05) is 19.8 Å². The minimum atomic E-state index is -3.43. The van der Waals surface area contributed by atoms with Crippen molar-refractivity contribution in [2.24, 2.45) is 0 Å². The van der Waals surface area contributed by atoms with Crippen LogP contribution in [0.5, 0.6) is 0 Å². The van der Waals surface area contributed by atoms with Crippen LogP contribution in [0.4, 0.5) is 0 Å². The molecule has 36 heavy (non-hydrogen) atoms. The Labute approximate surface area is 271 Å². The quantitative estimate of drug-likeness (QED) is 0.0502. The van der Waals surface area contributed by atoms with E-state index in [9.17, 15) is 4.57 Å². The molecule has 0 saturated carbocycles. The molecule has 214 valence electrons. The summed E-state index contributed by atoms with van der Waals surface area (Å²) in [4.78, 5) is 0.